The smallest absolute Gasteiger partial charge is 0.307 e. The normalized spacial score (nSPS) is 12.1. The number of carbonyl (C=O) groups excluding carboxylic acids is 1. The summed E-state index contributed by atoms with van der Waals surface area (Å²) in [5.74, 6) is -1.05. The predicted octanol–water partition coefficient (Wildman–Crippen LogP) is 5.02. The van der Waals surface area contributed by atoms with Gasteiger partial charge in [0, 0.05) is 11.6 Å². The summed E-state index contributed by atoms with van der Waals surface area (Å²) in [5.41, 5.74) is 11.4. The summed E-state index contributed by atoms with van der Waals surface area (Å²) in [7, 11) is 0. The SMILES string of the molecule is CCOC(=O)CC(N)c1cc(-c2c(C)cc(C)cc2C)cc(Cl)c1F. The van der Waals surface area contributed by atoms with E-state index in [0.717, 1.165) is 27.8 Å². The number of rotatable bonds is 5. The molecule has 3 nitrogen and oxygen atoms in total. The molecule has 0 radical (unpaired) electrons. The number of aryl methyl sites for hydroxylation is 3. The number of ether oxygens (including phenoxy) is 1. The van der Waals surface area contributed by atoms with E-state index in [1.54, 1.807) is 19.1 Å². The van der Waals surface area contributed by atoms with Crippen molar-refractivity contribution in [2.75, 3.05) is 6.61 Å². The topological polar surface area (TPSA) is 52.3 Å². The average molecular weight is 364 g/mol. The molecule has 0 aliphatic heterocycles. The number of hydrogen-bond donors (Lipinski definition) is 1. The van der Waals surface area contributed by atoms with Crippen molar-refractivity contribution in [2.24, 2.45) is 5.73 Å². The van der Waals surface area contributed by atoms with Crippen LogP contribution in [0.15, 0.2) is 24.3 Å². The molecular weight excluding hydrogens is 341 g/mol. The van der Waals surface area contributed by atoms with Crippen LogP contribution in [0, 0.1) is 26.6 Å². The maximum absolute atomic E-state index is 14.5. The Morgan fingerprint density at radius 2 is 1.80 bits per heavy atom. The quantitative estimate of drug-likeness (QED) is 0.758. The van der Waals surface area contributed by atoms with Gasteiger partial charge in [-0.05, 0) is 62.1 Å². The van der Waals surface area contributed by atoms with Gasteiger partial charge in [0.1, 0.15) is 5.82 Å². The summed E-state index contributed by atoms with van der Waals surface area (Å²) in [6, 6.07) is 6.59. The second-order valence-corrected chi connectivity index (χ2v) is 6.66. The minimum Gasteiger partial charge on any atom is -0.466 e. The molecule has 0 fully saturated rings. The van der Waals surface area contributed by atoms with Crippen molar-refractivity contribution < 1.29 is 13.9 Å². The van der Waals surface area contributed by atoms with Gasteiger partial charge < -0.3 is 10.5 Å². The number of nitrogens with two attached hydrogens (primary N) is 1. The van der Waals surface area contributed by atoms with Gasteiger partial charge in [-0.2, -0.15) is 0 Å². The molecule has 0 amide bonds. The van der Waals surface area contributed by atoms with Gasteiger partial charge in [0.2, 0.25) is 0 Å². The molecule has 0 bridgehead atoms. The Labute approximate surface area is 152 Å². The molecule has 0 saturated carbocycles. The first-order valence-electron chi connectivity index (χ1n) is 8.23. The average Bonchev–Trinajstić information content (AvgIpc) is 2.49. The standard InChI is InChI=1S/C20H23ClFNO2/c1-5-25-18(24)10-17(23)15-8-14(9-16(21)20(15)22)19-12(3)6-11(2)7-13(19)4/h6-9,17H,5,10,23H2,1-4H3. The molecular formula is C20H23ClFNO2. The Balaban J connectivity index is 2.50. The van der Waals surface area contributed by atoms with Gasteiger partial charge in [-0.15, -0.1) is 0 Å². The van der Waals surface area contributed by atoms with Gasteiger partial charge >= 0.3 is 5.97 Å². The molecule has 2 rings (SSSR count). The minimum atomic E-state index is -0.817. The lowest BCUT2D eigenvalue weighted by Crippen LogP contribution is -2.18. The van der Waals surface area contributed by atoms with E-state index in [-0.39, 0.29) is 23.6 Å². The Bertz CT molecular complexity index is 782. The Hall–Kier alpha value is -1.91. The fourth-order valence-corrected chi connectivity index (χ4v) is 3.40. The molecule has 1 atom stereocenters. The lowest BCUT2D eigenvalue weighted by atomic mass is 9.91. The molecule has 25 heavy (non-hydrogen) atoms. The Kier molecular flexibility index (Phi) is 6.20. The van der Waals surface area contributed by atoms with Crippen LogP contribution >= 0.6 is 11.6 Å². The zero-order chi connectivity index (χ0) is 18.7. The van der Waals surface area contributed by atoms with Crippen LogP contribution in [0.2, 0.25) is 5.02 Å². The summed E-state index contributed by atoms with van der Waals surface area (Å²) < 4.78 is 19.4. The van der Waals surface area contributed by atoms with E-state index >= 15 is 0 Å². The van der Waals surface area contributed by atoms with Crippen molar-refractivity contribution in [1.29, 1.82) is 0 Å². The van der Waals surface area contributed by atoms with Crippen LogP contribution in [0.3, 0.4) is 0 Å². The summed E-state index contributed by atoms with van der Waals surface area (Å²) in [6.45, 7) is 8.01. The van der Waals surface area contributed by atoms with Crippen LogP contribution in [0.1, 0.15) is 41.6 Å². The highest BCUT2D eigenvalue weighted by molar-refractivity contribution is 6.31. The third-order valence-electron chi connectivity index (χ3n) is 4.11. The summed E-state index contributed by atoms with van der Waals surface area (Å²) >= 11 is 6.10. The molecule has 0 aromatic heterocycles. The highest BCUT2D eigenvalue weighted by atomic mass is 35.5. The van der Waals surface area contributed by atoms with E-state index in [1.165, 1.54) is 0 Å². The Morgan fingerprint density at radius 1 is 1.20 bits per heavy atom. The summed E-state index contributed by atoms with van der Waals surface area (Å²) in [5, 5.41) is -0.00816. The molecule has 5 heteroatoms. The first-order valence-corrected chi connectivity index (χ1v) is 8.60. The van der Waals surface area contributed by atoms with Crippen LogP contribution in [0.5, 0.6) is 0 Å². The zero-order valence-corrected chi connectivity index (χ0v) is 15.7. The van der Waals surface area contributed by atoms with Crippen LogP contribution in [-0.2, 0) is 9.53 Å². The summed E-state index contributed by atoms with van der Waals surface area (Å²) in [4.78, 5) is 11.7. The molecule has 0 spiro atoms. The van der Waals surface area contributed by atoms with E-state index in [2.05, 4.69) is 12.1 Å². The molecule has 2 aromatic rings. The van der Waals surface area contributed by atoms with Crippen LogP contribution in [0.4, 0.5) is 4.39 Å². The fraction of sp³-hybridized carbons (Fsp3) is 0.350. The van der Waals surface area contributed by atoms with Gasteiger partial charge in [0.05, 0.1) is 18.1 Å². The molecule has 0 heterocycles. The molecule has 2 aromatic carbocycles. The van der Waals surface area contributed by atoms with Crippen molar-refractivity contribution in [3.8, 4) is 11.1 Å². The van der Waals surface area contributed by atoms with Gasteiger partial charge in [0.25, 0.3) is 0 Å². The largest absolute Gasteiger partial charge is 0.466 e. The summed E-state index contributed by atoms with van der Waals surface area (Å²) in [6.07, 6.45) is -0.101. The molecule has 0 aliphatic carbocycles. The molecule has 2 N–H and O–H groups in total. The first kappa shape index (κ1) is 19.4. The Morgan fingerprint density at radius 3 is 2.36 bits per heavy atom. The molecule has 0 saturated heterocycles. The predicted molar refractivity (Wildman–Crippen MR) is 99.2 cm³/mol. The molecule has 0 aliphatic rings. The fourth-order valence-electron chi connectivity index (χ4n) is 3.17. The molecule has 134 valence electrons. The van der Waals surface area contributed by atoms with Crippen molar-refractivity contribution in [3.05, 3.63) is 57.4 Å². The highest BCUT2D eigenvalue weighted by Gasteiger charge is 2.20. The number of carbonyl (C=O) groups is 1. The highest BCUT2D eigenvalue weighted by Crippen LogP contribution is 2.35. The van der Waals surface area contributed by atoms with Crippen molar-refractivity contribution in [3.63, 3.8) is 0 Å². The number of esters is 1. The lowest BCUT2D eigenvalue weighted by molar-refractivity contribution is -0.143. The molecule has 1 unspecified atom stereocenters. The monoisotopic (exact) mass is 363 g/mol. The number of hydrogen-bond acceptors (Lipinski definition) is 3. The van der Waals surface area contributed by atoms with Crippen LogP contribution < -0.4 is 5.73 Å². The zero-order valence-electron chi connectivity index (χ0n) is 15.0. The lowest BCUT2D eigenvalue weighted by Gasteiger charge is -2.17. The van der Waals surface area contributed by atoms with Gasteiger partial charge in [-0.25, -0.2) is 4.39 Å². The third-order valence-corrected chi connectivity index (χ3v) is 4.39. The van der Waals surface area contributed by atoms with E-state index in [1.807, 2.05) is 20.8 Å². The second kappa shape index (κ2) is 7.98. The van der Waals surface area contributed by atoms with Gasteiger partial charge in [-0.1, -0.05) is 29.3 Å². The van der Waals surface area contributed by atoms with E-state index in [4.69, 9.17) is 22.1 Å². The third kappa shape index (κ3) is 4.39. The van der Waals surface area contributed by atoms with Gasteiger partial charge in [-0.3, -0.25) is 4.79 Å². The number of benzene rings is 2. The first-order chi connectivity index (χ1) is 11.7. The minimum absolute atomic E-state index is 0.00816. The van der Waals surface area contributed by atoms with Gasteiger partial charge in [0.15, 0.2) is 0 Å². The number of halogens is 2. The van der Waals surface area contributed by atoms with E-state index in [9.17, 15) is 9.18 Å². The van der Waals surface area contributed by atoms with E-state index in [0.29, 0.717) is 0 Å². The second-order valence-electron chi connectivity index (χ2n) is 6.25. The maximum atomic E-state index is 14.5. The van der Waals surface area contributed by atoms with E-state index < -0.39 is 17.8 Å². The van der Waals surface area contributed by atoms with Crippen molar-refractivity contribution in [2.45, 2.75) is 40.2 Å². The van der Waals surface area contributed by atoms with Crippen molar-refractivity contribution >= 4 is 17.6 Å². The maximum Gasteiger partial charge on any atom is 0.307 e. The van der Waals surface area contributed by atoms with Crippen LogP contribution in [0.25, 0.3) is 11.1 Å². The van der Waals surface area contributed by atoms with Crippen LogP contribution in [-0.4, -0.2) is 12.6 Å². The van der Waals surface area contributed by atoms with Crippen molar-refractivity contribution in [1.82, 2.24) is 0 Å².